The molecule has 1 atom stereocenters. The van der Waals surface area contributed by atoms with Crippen molar-refractivity contribution >= 4 is 21.9 Å². The maximum Gasteiger partial charge on any atom is 0.316 e. The van der Waals surface area contributed by atoms with Crippen LogP contribution in [0.3, 0.4) is 0 Å². The van der Waals surface area contributed by atoms with Crippen molar-refractivity contribution < 1.29 is 9.53 Å². The van der Waals surface area contributed by atoms with Crippen molar-refractivity contribution in [1.82, 2.24) is 0 Å². The molecular formula is C15H29BrO2. The van der Waals surface area contributed by atoms with E-state index >= 15 is 0 Å². The average Bonchev–Trinajstić information content (AvgIpc) is 2.40. The van der Waals surface area contributed by atoms with Crippen LogP contribution in [-0.2, 0) is 9.53 Å². The molecule has 0 aromatic carbocycles. The van der Waals surface area contributed by atoms with E-state index in [0.717, 1.165) is 12.8 Å². The molecule has 0 amide bonds. The molecule has 0 aliphatic heterocycles. The van der Waals surface area contributed by atoms with E-state index in [-0.39, 0.29) is 12.1 Å². The summed E-state index contributed by atoms with van der Waals surface area (Å²) in [7, 11) is 0. The Labute approximate surface area is 121 Å². The van der Waals surface area contributed by atoms with Crippen LogP contribution < -0.4 is 0 Å². The van der Waals surface area contributed by atoms with Gasteiger partial charge in [-0.15, -0.1) is 0 Å². The second kappa shape index (κ2) is 13.4. The molecule has 0 aliphatic carbocycles. The predicted octanol–water partition coefficient (Wildman–Crippen LogP) is 5.23. The van der Waals surface area contributed by atoms with Gasteiger partial charge in [0.2, 0.25) is 0 Å². The molecular weight excluding hydrogens is 292 g/mol. The van der Waals surface area contributed by atoms with Crippen LogP contribution in [0, 0.1) is 0 Å². The lowest BCUT2D eigenvalue weighted by Gasteiger charge is -2.15. The minimum Gasteiger partial charge on any atom is -0.462 e. The number of carbonyl (C=O) groups excluding carboxylic acids is 1. The van der Waals surface area contributed by atoms with E-state index < -0.39 is 0 Å². The van der Waals surface area contributed by atoms with Crippen LogP contribution in [0.2, 0.25) is 0 Å². The number of esters is 1. The quantitative estimate of drug-likeness (QED) is 0.279. The van der Waals surface area contributed by atoms with E-state index in [0.29, 0.717) is 5.33 Å². The first kappa shape index (κ1) is 17.9. The highest BCUT2D eigenvalue weighted by Crippen LogP contribution is 2.13. The summed E-state index contributed by atoms with van der Waals surface area (Å²) in [5, 5.41) is 0.306. The van der Waals surface area contributed by atoms with Crippen LogP contribution in [0.1, 0.15) is 78.1 Å². The molecule has 1 unspecified atom stereocenters. The first-order chi connectivity index (χ1) is 8.74. The first-order valence-corrected chi connectivity index (χ1v) is 8.62. The predicted molar refractivity (Wildman–Crippen MR) is 81.2 cm³/mol. The molecule has 0 heterocycles. The van der Waals surface area contributed by atoms with Gasteiger partial charge < -0.3 is 4.74 Å². The molecule has 0 bridgehead atoms. The van der Waals surface area contributed by atoms with Crippen LogP contribution in [-0.4, -0.2) is 17.4 Å². The summed E-state index contributed by atoms with van der Waals surface area (Å²) in [6.45, 7) is 4.33. The van der Waals surface area contributed by atoms with Crippen LogP contribution in [0.4, 0.5) is 0 Å². The molecule has 0 aliphatic rings. The lowest BCUT2D eigenvalue weighted by Crippen LogP contribution is -2.18. The van der Waals surface area contributed by atoms with Crippen molar-refractivity contribution in [1.29, 1.82) is 0 Å². The lowest BCUT2D eigenvalue weighted by atomic mass is 10.0. The Morgan fingerprint density at radius 1 is 1.00 bits per heavy atom. The summed E-state index contributed by atoms with van der Waals surface area (Å²) < 4.78 is 5.32. The smallest absolute Gasteiger partial charge is 0.316 e. The molecule has 2 nitrogen and oxygen atoms in total. The molecule has 3 heteroatoms. The minimum absolute atomic E-state index is 0.121. The maximum atomic E-state index is 11.1. The Morgan fingerprint density at radius 3 is 2.06 bits per heavy atom. The summed E-state index contributed by atoms with van der Waals surface area (Å²) in [5.74, 6) is -0.138. The largest absolute Gasteiger partial charge is 0.462 e. The van der Waals surface area contributed by atoms with Gasteiger partial charge in [-0.05, 0) is 19.3 Å². The number of halogens is 1. The summed E-state index contributed by atoms with van der Waals surface area (Å²) in [5.41, 5.74) is 0. The fourth-order valence-corrected chi connectivity index (χ4v) is 2.20. The van der Waals surface area contributed by atoms with Gasteiger partial charge >= 0.3 is 5.97 Å². The van der Waals surface area contributed by atoms with Gasteiger partial charge in [0.15, 0.2) is 0 Å². The summed E-state index contributed by atoms with van der Waals surface area (Å²) >= 11 is 3.12. The fourth-order valence-electron chi connectivity index (χ4n) is 2.07. The zero-order chi connectivity index (χ0) is 13.6. The number of ether oxygens (including phenoxy) is 1. The van der Waals surface area contributed by atoms with Gasteiger partial charge in [-0.2, -0.15) is 0 Å². The van der Waals surface area contributed by atoms with E-state index in [2.05, 4.69) is 29.8 Å². The minimum atomic E-state index is -0.138. The zero-order valence-electron chi connectivity index (χ0n) is 12.0. The Balaban J connectivity index is 3.37. The third kappa shape index (κ3) is 11.1. The Hall–Kier alpha value is -0.0500. The molecule has 0 aromatic rings. The van der Waals surface area contributed by atoms with Crippen molar-refractivity contribution in [3.05, 3.63) is 0 Å². The Kier molecular flexibility index (Phi) is 13.3. The van der Waals surface area contributed by atoms with Crippen LogP contribution >= 0.6 is 15.9 Å². The molecule has 0 saturated heterocycles. The van der Waals surface area contributed by atoms with Gasteiger partial charge in [0, 0.05) is 0 Å². The topological polar surface area (TPSA) is 26.3 Å². The third-order valence-corrected chi connectivity index (χ3v) is 3.70. The highest BCUT2D eigenvalue weighted by atomic mass is 79.9. The summed E-state index contributed by atoms with van der Waals surface area (Å²) in [4.78, 5) is 11.1. The van der Waals surface area contributed by atoms with Crippen molar-refractivity contribution in [2.45, 2.75) is 84.2 Å². The Morgan fingerprint density at radius 2 is 1.56 bits per heavy atom. The number of hydrogen-bond donors (Lipinski definition) is 0. The molecule has 108 valence electrons. The van der Waals surface area contributed by atoms with E-state index in [9.17, 15) is 4.79 Å². The van der Waals surface area contributed by atoms with Crippen LogP contribution in [0.25, 0.3) is 0 Å². The molecule has 0 saturated carbocycles. The van der Waals surface area contributed by atoms with Gasteiger partial charge in [0.1, 0.15) is 11.4 Å². The second-order valence-corrected chi connectivity index (χ2v) is 5.48. The van der Waals surface area contributed by atoms with Crippen molar-refractivity contribution in [3.8, 4) is 0 Å². The van der Waals surface area contributed by atoms with Crippen molar-refractivity contribution in [2.75, 3.05) is 5.33 Å². The second-order valence-electron chi connectivity index (χ2n) is 4.92. The maximum absolute atomic E-state index is 11.1. The van der Waals surface area contributed by atoms with E-state index in [4.69, 9.17) is 4.74 Å². The lowest BCUT2D eigenvalue weighted by molar-refractivity contribution is -0.146. The van der Waals surface area contributed by atoms with Gasteiger partial charge in [0.05, 0.1) is 0 Å². The molecule has 18 heavy (non-hydrogen) atoms. The van der Waals surface area contributed by atoms with E-state index in [1.165, 1.54) is 51.4 Å². The van der Waals surface area contributed by atoms with E-state index in [1.54, 1.807) is 0 Å². The number of unbranched alkanes of at least 4 members (excludes halogenated alkanes) is 7. The number of hydrogen-bond acceptors (Lipinski definition) is 2. The standard InChI is InChI=1S/C15H29BrO2/c1-3-5-6-7-8-9-10-11-12-14(4-2)18-15(17)13-16/h14H,3-13H2,1-2H3. The van der Waals surface area contributed by atoms with E-state index in [1.807, 2.05) is 0 Å². The highest BCUT2D eigenvalue weighted by molar-refractivity contribution is 9.09. The van der Waals surface area contributed by atoms with Gasteiger partial charge in [-0.25, -0.2) is 0 Å². The first-order valence-electron chi connectivity index (χ1n) is 7.50. The van der Waals surface area contributed by atoms with Gasteiger partial charge in [-0.3, -0.25) is 4.79 Å². The van der Waals surface area contributed by atoms with Crippen molar-refractivity contribution in [3.63, 3.8) is 0 Å². The third-order valence-electron chi connectivity index (χ3n) is 3.24. The SMILES string of the molecule is CCCCCCCCCCC(CC)OC(=O)CBr. The molecule has 0 radical (unpaired) electrons. The summed E-state index contributed by atoms with van der Waals surface area (Å²) in [6, 6.07) is 0. The molecule has 0 spiro atoms. The van der Waals surface area contributed by atoms with Crippen LogP contribution in [0.5, 0.6) is 0 Å². The van der Waals surface area contributed by atoms with Crippen LogP contribution in [0.15, 0.2) is 0 Å². The highest BCUT2D eigenvalue weighted by Gasteiger charge is 2.10. The van der Waals surface area contributed by atoms with Crippen molar-refractivity contribution in [2.24, 2.45) is 0 Å². The fraction of sp³-hybridized carbons (Fsp3) is 0.933. The number of alkyl halides is 1. The normalized spacial score (nSPS) is 12.4. The molecule has 0 N–H and O–H groups in total. The number of rotatable bonds is 12. The molecule has 0 fully saturated rings. The molecule has 0 aromatic heterocycles. The molecule has 0 rings (SSSR count). The zero-order valence-corrected chi connectivity index (χ0v) is 13.6. The summed E-state index contributed by atoms with van der Waals surface area (Å²) in [6.07, 6.45) is 12.7. The monoisotopic (exact) mass is 320 g/mol. The van der Waals surface area contributed by atoms with Gasteiger partial charge in [-0.1, -0.05) is 74.7 Å². The average molecular weight is 321 g/mol. The number of carbonyl (C=O) groups is 1. The van der Waals surface area contributed by atoms with Gasteiger partial charge in [0.25, 0.3) is 0 Å². The Bertz CT molecular complexity index is 195.